The van der Waals surface area contributed by atoms with Crippen LogP contribution in [-0.4, -0.2) is 59.1 Å². The average molecular weight is 254 g/mol. The van der Waals surface area contributed by atoms with Crippen LogP contribution in [0, 0.1) is 0 Å². The molecule has 0 radical (unpaired) electrons. The Balaban J connectivity index is 2.13. The Hall–Kier alpha value is -0.610. The molecule has 1 aliphatic heterocycles. The monoisotopic (exact) mass is 254 g/mol. The molecule has 1 amide bonds. The van der Waals surface area contributed by atoms with Crippen molar-refractivity contribution in [1.29, 1.82) is 0 Å². The first-order valence-corrected chi connectivity index (χ1v) is 7.28. The van der Waals surface area contributed by atoms with Crippen LogP contribution < -0.4 is 0 Å². The first kappa shape index (κ1) is 13.8. The third-order valence-corrected chi connectivity index (χ3v) is 4.71. The molecule has 0 aromatic carbocycles. The maximum atomic E-state index is 12.7. The van der Waals surface area contributed by atoms with Gasteiger partial charge < -0.3 is 10.0 Å². The maximum absolute atomic E-state index is 12.7. The molecule has 1 saturated heterocycles. The van der Waals surface area contributed by atoms with Crippen LogP contribution in [-0.2, 0) is 4.79 Å². The van der Waals surface area contributed by atoms with Crippen LogP contribution in [0.1, 0.15) is 45.4 Å². The number of aliphatic hydroxyl groups is 1. The molecule has 1 heterocycles. The highest BCUT2D eigenvalue weighted by Crippen LogP contribution is 2.27. The van der Waals surface area contributed by atoms with Crippen LogP contribution in [0.3, 0.4) is 0 Å². The van der Waals surface area contributed by atoms with Gasteiger partial charge in [0.15, 0.2) is 0 Å². The molecule has 2 unspecified atom stereocenters. The van der Waals surface area contributed by atoms with Crippen LogP contribution in [0.15, 0.2) is 0 Å². The molecule has 1 N–H and O–H groups in total. The van der Waals surface area contributed by atoms with Gasteiger partial charge >= 0.3 is 0 Å². The highest BCUT2D eigenvalue weighted by molar-refractivity contribution is 5.82. The number of hydrogen-bond donors (Lipinski definition) is 1. The zero-order chi connectivity index (χ0) is 13.1. The van der Waals surface area contributed by atoms with E-state index < -0.39 is 0 Å². The Morgan fingerprint density at radius 3 is 2.56 bits per heavy atom. The third-order valence-electron chi connectivity index (χ3n) is 4.71. The fourth-order valence-corrected chi connectivity index (χ4v) is 3.34. The lowest BCUT2D eigenvalue weighted by atomic mass is 10.1. The van der Waals surface area contributed by atoms with Gasteiger partial charge in [-0.15, -0.1) is 0 Å². The van der Waals surface area contributed by atoms with E-state index in [1.165, 1.54) is 12.8 Å². The summed E-state index contributed by atoms with van der Waals surface area (Å²) in [7, 11) is 2.01. The topological polar surface area (TPSA) is 43.8 Å². The Labute approximate surface area is 110 Å². The molecule has 0 spiro atoms. The van der Waals surface area contributed by atoms with Gasteiger partial charge in [-0.25, -0.2) is 0 Å². The van der Waals surface area contributed by atoms with Crippen LogP contribution in [0.4, 0.5) is 0 Å². The molecule has 0 bridgehead atoms. The lowest BCUT2D eigenvalue weighted by molar-refractivity contribution is -0.138. The Kier molecular flexibility index (Phi) is 4.62. The second-order valence-electron chi connectivity index (χ2n) is 5.80. The summed E-state index contributed by atoms with van der Waals surface area (Å²) in [6.07, 6.45) is 6.43. The minimum atomic E-state index is -0.131. The van der Waals surface area contributed by atoms with Gasteiger partial charge in [-0.1, -0.05) is 12.8 Å². The summed E-state index contributed by atoms with van der Waals surface area (Å²) in [6, 6.07) is 0.738. The molecular formula is C14H26N2O2. The summed E-state index contributed by atoms with van der Waals surface area (Å²) in [5, 5.41) is 9.19. The minimum absolute atomic E-state index is 0.0893. The van der Waals surface area contributed by atoms with Crippen LogP contribution in [0.5, 0.6) is 0 Å². The van der Waals surface area contributed by atoms with E-state index in [2.05, 4.69) is 16.7 Å². The molecule has 4 heteroatoms. The van der Waals surface area contributed by atoms with E-state index in [0.717, 1.165) is 25.8 Å². The van der Waals surface area contributed by atoms with E-state index in [4.69, 9.17) is 0 Å². The van der Waals surface area contributed by atoms with Crippen molar-refractivity contribution in [3.63, 3.8) is 0 Å². The van der Waals surface area contributed by atoms with E-state index in [0.29, 0.717) is 18.5 Å². The highest BCUT2D eigenvalue weighted by Gasteiger charge is 2.37. The smallest absolute Gasteiger partial charge is 0.240 e. The molecule has 2 atom stereocenters. The van der Waals surface area contributed by atoms with Gasteiger partial charge in [-0.05, 0) is 39.7 Å². The van der Waals surface area contributed by atoms with Crippen molar-refractivity contribution in [2.75, 3.05) is 20.2 Å². The molecular weight excluding hydrogens is 228 g/mol. The molecule has 4 nitrogen and oxygen atoms in total. The third kappa shape index (κ3) is 2.69. The zero-order valence-electron chi connectivity index (χ0n) is 11.6. The number of aliphatic hydroxyl groups excluding tert-OH is 1. The molecule has 1 aliphatic carbocycles. The lowest BCUT2D eigenvalue weighted by Crippen LogP contribution is -2.49. The van der Waals surface area contributed by atoms with E-state index in [1.807, 2.05) is 7.05 Å². The molecule has 0 aromatic rings. The van der Waals surface area contributed by atoms with E-state index in [9.17, 15) is 9.90 Å². The molecule has 104 valence electrons. The summed E-state index contributed by atoms with van der Waals surface area (Å²) in [6.45, 7) is 3.15. The number of hydrogen-bond acceptors (Lipinski definition) is 3. The number of nitrogens with zero attached hydrogens (tertiary/aromatic N) is 2. The predicted molar refractivity (Wildman–Crippen MR) is 71.3 cm³/mol. The Morgan fingerprint density at radius 2 is 1.94 bits per heavy atom. The van der Waals surface area contributed by atoms with Crippen LogP contribution >= 0.6 is 0 Å². The first-order chi connectivity index (χ1) is 8.65. The number of rotatable bonds is 3. The van der Waals surface area contributed by atoms with Crippen molar-refractivity contribution in [3.8, 4) is 0 Å². The number of carbonyl (C=O) groups excluding carboxylic acids is 1. The van der Waals surface area contributed by atoms with Gasteiger partial charge in [0.05, 0.1) is 6.04 Å². The standard InChI is InChI=1S/C14H26N2O2/c1-11-7-9-16(12-5-3-4-6-12)14(18)13(8-10-17)15(11)2/h11-13,17H,3-10H2,1-2H3. The summed E-state index contributed by atoms with van der Waals surface area (Å²) in [5.74, 6) is 0.239. The predicted octanol–water partition coefficient (Wildman–Crippen LogP) is 1.23. The van der Waals surface area contributed by atoms with Crippen molar-refractivity contribution < 1.29 is 9.90 Å². The summed E-state index contributed by atoms with van der Waals surface area (Å²) < 4.78 is 0. The van der Waals surface area contributed by atoms with Gasteiger partial charge in [0, 0.05) is 25.2 Å². The summed E-state index contributed by atoms with van der Waals surface area (Å²) in [5.41, 5.74) is 0. The highest BCUT2D eigenvalue weighted by atomic mass is 16.3. The van der Waals surface area contributed by atoms with Gasteiger partial charge in [-0.3, -0.25) is 9.69 Å². The van der Waals surface area contributed by atoms with Crippen molar-refractivity contribution >= 4 is 5.91 Å². The van der Waals surface area contributed by atoms with Gasteiger partial charge in [0.1, 0.15) is 0 Å². The zero-order valence-corrected chi connectivity index (χ0v) is 11.6. The van der Waals surface area contributed by atoms with E-state index >= 15 is 0 Å². The summed E-state index contributed by atoms with van der Waals surface area (Å²) >= 11 is 0. The number of amides is 1. The fourth-order valence-electron chi connectivity index (χ4n) is 3.34. The van der Waals surface area contributed by atoms with E-state index in [-0.39, 0.29) is 18.6 Å². The van der Waals surface area contributed by atoms with Crippen molar-refractivity contribution in [1.82, 2.24) is 9.80 Å². The first-order valence-electron chi connectivity index (χ1n) is 7.28. The van der Waals surface area contributed by atoms with Crippen molar-refractivity contribution in [2.24, 2.45) is 0 Å². The molecule has 2 rings (SSSR count). The molecule has 2 fully saturated rings. The quantitative estimate of drug-likeness (QED) is 0.824. The Morgan fingerprint density at radius 1 is 1.28 bits per heavy atom. The molecule has 1 saturated carbocycles. The van der Waals surface area contributed by atoms with Crippen molar-refractivity contribution in [3.05, 3.63) is 0 Å². The lowest BCUT2D eigenvalue weighted by Gasteiger charge is -2.32. The summed E-state index contributed by atoms with van der Waals surface area (Å²) in [4.78, 5) is 16.9. The molecule has 2 aliphatic rings. The largest absolute Gasteiger partial charge is 0.396 e. The van der Waals surface area contributed by atoms with Gasteiger partial charge in [0.25, 0.3) is 0 Å². The second kappa shape index (κ2) is 6.02. The molecule has 0 aromatic heterocycles. The van der Waals surface area contributed by atoms with Gasteiger partial charge in [-0.2, -0.15) is 0 Å². The number of likely N-dealkylation sites (N-methyl/N-ethyl adjacent to an activating group) is 1. The fraction of sp³-hybridized carbons (Fsp3) is 0.929. The SMILES string of the molecule is CC1CCN(C2CCCC2)C(=O)C(CCO)N1C. The molecule has 18 heavy (non-hydrogen) atoms. The Bertz CT molecular complexity index is 290. The van der Waals surface area contributed by atoms with Crippen molar-refractivity contribution in [2.45, 2.75) is 63.6 Å². The maximum Gasteiger partial charge on any atom is 0.240 e. The van der Waals surface area contributed by atoms with Gasteiger partial charge in [0.2, 0.25) is 5.91 Å². The van der Waals surface area contributed by atoms with Crippen LogP contribution in [0.25, 0.3) is 0 Å². The normalized spacial score (nSPS) is 31.9. The second-order valence-corrected chi connectivity index (χ2v) is 5.80. The number of carbonyl (C=O) groups is 1. The minimum Gasteiger partial charge on any atom is -0.396 e. The van der Waals surface area contributed by atoms with E-state index in [1.54, 1.807) is 0 Å². The average Bonchev–Trinajstić information content (AvgIpc) is 2.85. The van der Waals surface area contributed by atoms with Crippen LogP contribution in [0.2, 0.25) is 0 Å².